The first-order valence-corrected chi connectivity index (χ1v) is 18.3. The monoisotopic (exact) mass is 474 g/mol. The Morgan fingerprint density at radius 2 is 1.26 bits per heavy atom. The van der Waals surface area contributed by atoms with E-state index in [1.54, 1.807) is 0 Å². The molecule has 1 unspecified atom stereocenters. The van der Waals surface area contributed by atoms with Crippen LogP contribution in [0.2, 0.25) is 36.3 Å². The third kappa shape index (κ3) is 10.9. The molecule has 0 aliphatic heterocycles. The van der Waals surface area contributed by atoms with Crippen molar-refractivity contribution in [3.05, 3.63) is 0 Å². The number of aliphatic hydroxyl groups excluding tert-OH is 1. The minimum absolute atomic E-state index is 0.0606. The van der Waals surface area contributed by atoms with Crippen LogP contribution in [0.4, 0.5) is 0 Å². The summed E-state index contributed by atoms with van der Waals surface area (Å²) in [5.41, 5.74) is -0.130. The molecule has 3 nitrogen and oxygen atoms in total. The predicted molar refractivity (Wildman–Crippen MR) is 143 cm³/mol. The Kier molecular flexibility index (Phi) is 11.3. The van der Waals surface area contributed by atoms with Crippen molar-refractivity contribution in [3.8, 4) is 0 Å². The Bertz CT molecular complexity index is 530. The van der Waals surface area contributed by atoms with Crippen molar-refractivity contribution in [2.45, 2.75) is 143 Å². The molecule has 0 spiro atoms. The highest BCUT2D eigenvalue weighted by Crippen LogP contribution is 2.41. The summed E-state index contributed by atoms with van der Waals surface area (Å²) in [5, 5.41) is 10.6. The van der Waals surface area contributed by atoms with Crippen molar-refractivity contribution >= 4 is 16.6 Å². The van der Waals surface area contributed by atoms with E-state index in [4.69, 9.17) is 8.85 Å². The molecular weight excluding hydrogens is 416 g/mol. The van der Waals surface area contributed by atoms with E-state index in [0.29, 0.717) is 5.92 Å². The number of aliphatic hydroxyl groups is 1. The standard InChI is InChI=1S/C26H58O3Si2/c1-22(16-15-17-25(8,9)29-31(13,14)24(5,6)7)20-26(10,21-27)18-19-28-30(11,12)23(2,3)4/h22,27H,15-21H2,1-14H3/t22?,26-/m1/s1. The van der Waals surface area contributed by atoms with Crippen LogP contribution in [0.3, 0.4) is 0 Å². The van der Waals surface area contributed by atoms with Gasteiger partial charge in [0.2, 0.25) is 0 Å². The van der Waals surface area contributed by atoms with E-state index < -0.39 is 16.6 Å². The zero-order valence-electron chi connectivity index (χ0n) is 23.8. The molecule has 0 amide bonds. The van der Waals surface area contributed by atoms with Crippen LogP contribution in [0.1, 0.15) is 101 Å². The summed E-state index contributed by atoms with van der Waals surface area (Å²) in [7, 11) is -3.47. The van der Waals surface area contributed by atoms with Crippen molar-refractivity contribution in [1.29, 1.82) is 0 Å². The highest BCUT2D eigenvalue weighted by atomic mass is 28.4. The van der Waals surface area contributed by atoms with Gasteiger partial charge in [-0.1, -0.05) is 68.2 Å². The van der Waals surface area contributed by atoms with Crippen LogP contribution in [-0.4, -0.2) is 40.6 Å². The van der Waals surface area contributed by atoms with E-state index in [0.717, 1.165) is 25.9 Å². The molecule has 0 aromatic heterocycles. The molecular formula is C26H58O3Si2. The lowest BCUT2D eigenvalue weighted by Crippen LogP contribution is -2.47. The van der Waals surface area contributed by atoms with Crippen LogP contribution in [0.25, 0.3) is 0 Å². The molecule has 0 aromatic rings. The third-order valence-corrected chi connectivity index (χ3v) is 17.2. The molecule has 2 atom stereocenters. The van der Waals surface area contributed by atoms with Gasteiger partial charge in [0.25, 0.3) is 0 Å². The molecule has 0 aliphatic carbocycles. The zero-order chi connectivity index (χ0) is 24.9. The predicted octanol–water partition coefficient (Wildman–Crippen LogP) is 8.39. The number of rotatable bonds is 13. The Labute approximate surface area is 198 Å². The van der Waals surface area contributed by atoms with Gasteiger partial charge in [0.05, 0.1) is 5.60 Å². The minimum atomic E-state index is -1.75. The summed E-state index contributed by atoms with van der Waals surface area (Å²) in [6.07, 6.45) is 5.43. The SMILES string of the molecule is CC(CCCC(C)(C)O[Si](C)(C)C(C)(C)C)C[C@](C)(CO)CCO[Si](C)(C)C(C)(C)C. The van der Waals surface area contributed by atoms with Crippen molar-refractivity contribution in [3.63, 3.8) is 0 Å². The third-order valence-electron chi connectivity index (χ3n) is 8.01. The van der Waals surface area contributed by atoms with Crippen LogP contribution in [0, 0.1) is 11.3 Å². The van der Waals surface area contributed by atoms with Crippen molar-refractivity contribution in [2.24, 2.45) is 11.3 Å². The zero-order valence-corrected chi connectivity index (χ0v) is 25.8. The van der Waals surface area contributed by atoms with Gasteiger partial charge in [-0.15, -0.1) is 0 Å². The van der Waals surface area contributed by atoms with Crippen LogP contribution in [0.15, 0.2) is 0 Å². The molecule has 0 aliphatic rings. The summed E-state index contributed by atoms with van der Waals surface area (Å²) in [4.78, 5) is 0. The maximum atomic E-state index is 10.1. The molecule has 0 radical (unpaired) electrons. The Balaban J connectivity index is 4.63. The highest BCUT2D eigenvalue weighted by Gasteiger charge is 2.41. The molecule has 0 saturated carbocycles. The van der Waals surface area contributed by atoms with Gasteiger partial charge in [-0.3, -0.25) is 0 Å². The second kappa shape index (κ2) is 11.2. The van der Waals surface area contributed by atoms with E-state index in [1.807, 2.05) is 0 Å². The molecule has 0 rings (SSSR count). The second-order valence-corrected chi connectivity index (χ2v) is 23.7. The van der Waals surface area contributed by atoms with Gasteiger partial charge in [0.1, 0.15) is 0 Å². The van der Waals surface area contributed by atoms with E-state index in [-0.39, 0.29) is 27.7 Å². The molecule has 1 N–H and O–H groups in total. The summed E-state index contributed by atoms with van der Waals surface area (Å²) in [6.45, 7) is 33.1. The van der Waals surface area contributed by atoms with Crippen molar-refractivity contribution in [1.82, 2.24) is 0 Å². The molecule has 5 heteroatoms. The van der Waals surface area contributed by atoms with Crippen molar-refractivity contribution < 1.29 is 14.0 Å². The normalized spacial score (nSPS) is 17.5. The van der Waals surface area contributed by atoms with Gasteiger partial charge in [-0.05, 0) is 80.7 Å². The number of hydrogen-bond acceptors (Lipinski definition) is 3. The quantitative estimate of drug-likeness (QED) is 0.272. The fourth-order valence-corrected chi connectivity index (χ4v) is 6.56. The van der Waals surface area contributed by atoms with Gasteiger partial charge >= 0.3 is 0 Å². The molecule has 0 saturated heterocycles. The Hall–Kier alpha value is 0.314. The smallest absolute Gasteiger partial charge is 0.192 e. The van der Waals surface area contributed by atoms with Gasteiger partial charge in [0, 0.05) is 13.2 Å². The lowest BCUT2D eigenvalue weighted by atomic mass is 9.78. The topological polar surface area (TPSA) is 38.7 Å². The molecule has 31 heavy (non-hydrogen) atoms. The maximum Gasteiger partial charge on any atom is 0.192 e. The van der Waals surface area contributed by atoms with Gasteiger partial charge in [0.15, 0.2) is 16.6 Å². The fourth-order valence-electron chi connectivity index (χ4n) is 3.73. The van der Waals surface area contributed by atoms with Gasteiger partial charge in [-0.25, -0.2) is 0 Å². The summed E-state index contributed by atoms with van der Waals surface area (Å²) in [6, 6.07) is 0. The first-order valence-electron chi connectivity index (χ1n) is 12.5. The maximum absolute atomic E-state index is 10.1. The molecule has 0 heterocycles. The molecule has 0 aromatic carbocycles. The van der Waals surface area contributed by atoms with E-state index in [1.165, 1.54) is 12.8 Å². The van der Waals surface area contributed by atoms with Crippen LogP contribution in [0.5, 0.6) is 0 Å². The number of hydrogen-bond donors (Lipinski definition) is 1. The Morgan fingerprint density at radius 3 is 1.68 bits per heavy atom. The molecule has 188 valence electrons. The largest absolute Gasteiger partial charge is 0.417 e. The van der Waals surface area contributed by atoms with Crippen LogP contribution < -0.4 is 0 Å². The van der Waals surface area contributed by atoms with Crippen molar-refractivity contribution in [2.75, 3.05) is 13.2 Å². The second-order valence-electron chi connectivity index (χ2n) is 14.2. The average Bonchev–Trinajstić information content (AvgIpc) is 2.51. The van der Waals surface area contributed by atoms with E-state index in [9.17, 15) is 5.11 Å². The Morgan fingerprint density at radius 1 is 0.774 bits per heavy atom. The van der Waals surface area contributed by atoms with E-state index in [2.05, 4.69) is 95.4 Å². The first-order chi connectivity index (χ1) is 13.6. The fraction of sp³-hybridized carbons (Fsp3) is 1.00. The lowest BCUT2D eigenvalue weighted by molar-refractivity contribution is 0.0704. The highest BCUT2D eigenvalue weighted by molar-refractivity contribution is 6.74. The van der Waals surface area contributed by atoms with Crippen LogP contribution in [-0.2, 0) is 8.85 Å². The summed E-state index contributed by atoms with van der Waals surface area (Å²) < 4.78 is 13.1. The average molecular weight is 475 g/mol. The lowest BCUT2D eigenvalue weighted by Gasteiger charge is -2.43. The van der Waals surface area contributed by atoms with Crippen LogP contribution >= 0.6 is 0 Å². The van der Waals surface area contributed by atoms with E-state index >= 15 is 0 Å². The first kappa shape index (κ1) is 31.3. The molecule has 0 bridgehead atoms. The summed E-state index contributed by atoms with van der Waals surface area (Å²) in [5.74, 6) is 0.591. The minimum Gasteiger partial charge on any atom is -0.417 e. The van der Waals surface area contributed by atoms with Gasteiger partial charge < -0.3 is 14.0 Å². The summed E-state index contributed by atoms with van der Waals surface area (Å²) >= 11 is 0. The van der Waals surface area contributed by atoms with Gasteiger partial charge in [-0.2, -0.15) is 0 Å². The molecule has 0 fully saturated rings.